The number of pyridine rings is 1. The third kappa shape index (κ3) is 2.15. The number of nitrogens with one attached hydrogen (secondary N) is 1. The standard InChI is InChI=1S/C8H8BrF2NO/c1-4-6(13)2-5(3-9)12-7(4)8(10)11/h2,8H,3H2,1H3,(H,12,13). The molecule has 0 spiro atoms. The number of aromatic nitrogens is 1. The third-order valence-corrected chi connectivity index (χ3v) is 2.34. The molecule has 0 amide bonds. The summed E-state index contributed by atoms with van der Waals surface area (Å²) in [4.78, 5) is 13.7. The minimum Gasteiger partial charge on any atom is -0.356 e. The lowest BCUT2D eigenvalue weighted by Crippen LogP contribution is -2.12. The number of H-pyrrole nitrogens is 1. The van der Waals surface area contributed by atoms with Crippen LogP contribution in [0.3, 0.4) is 0 Å². The van der Waals surface area contributed by atoms with E-state index in [0.717, 1.165) is 0 Å². The van der Waals surface area contributed by atoms with Crippen molar-refractivity contribution in [3.05, 3.63) is 33.2 Å². The smallest absolute Gasteiger partial charge is 0.278 e. The van der Waals surface area contributed by atoms with Crippen LogP contribution in [0.25, 0.3) is 0 Å². The van der Waals surface area contributed by atoms with Crippen molar-refractivity contribution in [3.8, 4) is 0 Å². The Morgan fingerprint density at radius 1 is 1.62 bits per heavy atom. The van der Waals surface area contributed by atoms with Crippen LogP contribution in [0.4, 0.5) is 8.78 Å². The van der Waals surface area contributed by atoms with Crippen molar-refractivity contribution in [1.82, 2.24) is 4.98 Å². The minimum absolute atomic E-state index is 0.0831. The van der Waals surface area contributed by atoms with Crippen molar-refractivity contribution in [2.24, 2.45) is 0 Å². The summed E-state index contributed by atoms with van der Waals surface area (Å²) >= 11 is 3.08. The summed E-state index contributed by atoms with van der Waals surface area (Å²) in [6, 6.07) is 1.32. The van der Waals surface area contributed by atoms with Gasteiger partial charge in [0.1, 0.15) is 0 Å². The molecular formula is C8H8BrF2NO. The van der Waals surface area contributed by atoms with E-state index in [2.05, 4.69) is 20.9 Å². The molecule has 2 nitrogen and oxygen atoms in total. The van der Waals surface area contributed by atoms with E-state index in [4.69, 9.17) is 0 Å². The molecule has 0 aliphatic carbocycles. The van der Waals surface area contributed by atoms with Crippen LogP contribution in [-0.4, -0.2) is 4.98 Å². The maximum absolute atomic E-state index is 12.3. The monoisotopic (exact) mass is 251 g/mol. The molecule has 1 rings (SSSR count). The highest BCUT2D eigenvalue weighted by Crippen LogP contribution is 2.18. The van der Waals surface area contributed by atoms with E-state index in [1.54, 1.807) is 0 Å². The maximum atomic E-state index is 12.3. The Bertz CT molecular complexity index is 362. The Hall–Kier alpha value is -0.710. The molecule has 0 bridgehead atoms. The lowest BCUT2D eigenvalue weighted by Gasteiger charge is -2.05. The summed E-state index contributed by atoms with van der Waals surface area (Å²) in [5.41, 5.74) is -0.101. The largest absolute Gasteiger partial charge is 0.356 e. The van der Waals surface area contributed by atoms with Crippen molar-refractivity contribution in [2.45, 2.75) is 18.7 Å². The molecule has 1 heterocycles. The summed E-state index contributed by atoms with van der Waals surface area (Å²) in [5.74, 6) is 0. The summed E-state index contributed by atoms with van der Waals surface area (Å²) in [5, 5.41) is 0.363. The second-order valence-electron chi connectivity index (χ2n) is 2.63. The number of hydrogen-bond acceptors (Lipinski definition) is 1. The van der Waals surface area contributed by atoms with Crippen LogP contribution in [0.1, 0.15) is 23.4 Å². The first kappa shape index (κ1) is 10.4. The molecule has 72 valence electrons. The Morgan fingerprint density at radius 2 is 2.23 bits per heavy atom. The van der Waals surface area contributed by atoms with Crippen molar-refractivity contribution in [3.63, 3.8) is 0 Å². The number of hydrogen-bond donors (Lipinski definition) is 1. The normalized spacial score (nSPS) is 10.8. The van der Waals surface area contributed by atoms with Crippen LogP contribution >= 0.6 is 15.9 Å². The molecule has 13 heavy (non-hydrogen) atoms. The highest BCUT2D eigenvalue weighted by molar-refractivity contribution is 9.08. The van der Waals surface area contributed by atoms with E-state index in [1.807, 2.05) is 0 Å². The molecule has 0 radical (unpaired) electrons. The molecule has 0 aliphatic heterocycles. The lowest BCUT2D eigenvalue weighted by atomic mass is 10.2. The van der Waals surface area contributed by atoms with Crippen LogP contribution in [0.2, 0.25) is 0 Å². The SMILES string of the molecule is Cc1c(C(F)F)[nH]c(CBr)cc1=O. The molecular weight excluding hydrogens is 244 g/mol. The van der Waals surface area contributed by atoms with Crippen molar-refractivity contribution < 1.29 is 8.78 Å². The molecule has 1 aromatic rings. The zero-order chi connectivity index (χ0) is 10.0. The molecule has 0 fully saturated rings. The van der Waals surface area contributed by atoms with Crippen molar-refractivity contribution >= 4 is 15.9 Å². The van der Waals surface area contributed by atoms with Gasteiger partial charge in [0.05, 0.1) is 5.69 Å². The van der Waals surface area contributed by atoms with Gasteiger partial charge in [0.25, 0.3) is 6.43 Å². The van der Waals surface area contributed by atoms with Crippen molar-refractivity contribution in [1.29, 1.82) is 0 Å². The van der Waals surface area contributed by atoms with Gasteiger partial charge in [-0.25, -0.2) is 8.78 Å². The van der Waals surface area contributed by atoms with Gasteiger partial charge < -0.3 is 4.98 Å². The quantitative estimate of drug-likeness (QED) is 0.806. The molecule has 0 aromatic carbocycles. The van der Waals surface area contributed by atoms with Crippen LogP contribution < -0.4 is 5.43 Å². The highest BCUT2D eigenvalue weighted by Gasteiger charge is 2.13. The van der Waals surface area contributed by atoms with E-state index < -0.39 is 6.43 Å². The molecule has 1 N–H and O–H groups in total. The molecule has 5 heteroatoms. The molecule has 0 saturated carbocycles. The number of alkyl halides is 3. The fraction of sp³-hybridized carbons (Fsp3) is 0.375. The Balaban J connectivity index is 3.33. The molecule has 0 atom stereocenters. The van der Waals surface area contributed by atoms with Crippen LogP contribution in [0, 0.1) is 6.92 Å². The van der Waals surface area contributed by atoms with Gasteiger partial charge >= 0.3 is 0 Å². The predicted molar refractivity (Wildman–Crippen MR) is 49.4 cm³/mol. The Labute approximate surface area is 82.1 Å². The average Bonchev–Trinajstić information content (AvgIpc) is 2.09. The fourth-order valence-corrected chi connectivity index (χ4v) is 1.29. The first-order valence-corrected chi connectivity index (χ1v) is 4.75. The molecule has 1 aromatic heterocycles. The molecule has 0 aliphatic rings. The fourth-order valence-electron chi connectivity index (χ4n) is 0.992. The summed E-state index contributed by atoms with van der Waals surface area (Å²) in [6.45, 7) is 1.39. The van der Waals surface area contributed by atoms with Crippen LogP contribution in [0.15, 0.2) is 10.9 Å². The van der Waals surface area contributed by atoms with Gasteiger partial charge in [-0.2, -0.15) is 0 Å². The van der Waals surface area contributed by atoms with Gasteiger partial charge in [-0.1, -0.05) is 15.9 Å². The average molecular weight is 252 g/mol. The van der Waals surface area contributed by atoms with E-state index in [0.29, 0.717) is 11.0 Å². The minimum atomic E-state index is -2.63. The van der Waals surface area contributed by atoms with Gasteiger partial charge in [0.15, 0.2) is 5.43 Å². The third-order valence-electron chi connectivity index (χ3n) is 1.74. The van der Waals surface area contributed by atoms with Crippen molar-refractivity contribution in [2.75, 3.05) is 0 Å². The maximum Gasteiger partial charge on any atom is 0.278 e. The summed E-state index contributed by atoms with van der Waals surface area (Å²) in [6.07, 6.45) is -2.63. The molecule has 0 saturated heterocycles. The lowest BCUT2D eigenvalue weighted by molar-refractivity contribution is 0.145. The first-order chi connectivity index (χ1) is 6.06. The number of halogens is 3. The van der Waals surface area contributed by atoms with Gasteiger partial charge in [-0.05, 0) is 6.92 Å². The second kappa shape index (κ2) is 4.00. The van der Waals surface area contributed by atoms with Crippen LogP contribution in [0.5, 0.6) is 0 Å². The number of aromatic amines is 1. The molecule has 0 unspecified atom stereocenters. The Kier molecular flexibility index (Phi) is 3.19. The van der Waals surface area contributed by atoms with E-state index in [-0.39, 0.29) is 16.7 Å². The van der Waals surface area contributed by atoms with E-state index >= 15 is 0 Å². The van der Waals surface area contributed by atoms with Gasteiger partial charge in [-0.3, -0.25) is 4.79 Å². The zero-order valence-electron chi connectivity index (χ0n) is 6.90. The highest BCUT2D eigenvalue weighted by atomic mass is 79.9. The van der Waals surface area contributed by atoms with E-state index in [1.165, 1.54) is 13.0 Å². The van der Waals surface area contributed by atoms with Gasteiger partial charge in [0, 0.05) is 22.7 Å². The second-order valence-corrected chi connectivity index (χ2v) is 3.19. The van der Waals surface area contributed by atoms with Gasteiger partial charge in [-0.15, -0.1) is 0 Å². The van der Waals surface area contributed by atoms with Gasteiger partial charge in [0.2, 0.25) is 0 Å². The first-order valence-electron chi connectivity index (χ1n) is 3.63. The summed E-state index contributed by atoms with van der Waals surface area (Å²) in [7, 11) is 0. The number of rotatable bonds is 2. The zero-order valence-corrected chi connectivity index (χ0v) is 8.49. The summed E-state index contributed by atoms with van der Waals surface area (Å²) < 4.78 is 24.7. The van der Waals surface area contributed by atoms with Crippen LogP contribution in [-0.2, 0) is 5.33 Å². The Morgan fingerprint density at radius 3 is 2.69 bits per heavy atom. The van der Waals surface area contributed by atoms with E-state index in [9.17, 15) is 13.6 Å². The predicted octanol–water partition coefficient (Wildman–Crippen LogP) is 2.52. The topological polar surface area (TPSA) is 32.9 Å².